The van der Waals surface area contributed by atoms with Gasteiger partial charge in [-0.3, -0.25) is 9.59 Å². The summed E-state index contributed by atoms with van der Waals surface area (Å²) in [7, 11) is 3.19. The molecule has 1 aliphatic rings. The summed E-state index contributed by atoms with van der Waals surface area (Å²) in [6.45, 7) is 0.243. The number of urea groups is 1. The Labute approximate surface area is 186 Å². The number of anilines is 2. The molecule has 0 atom stereocenters. The Bertz CT molecular complexity index is 1180. The fraction of sp³-hybridized carbons (Fsp3) is 0.160. The van der Waals surface area contributed by atoms with Gasteiger partial charge in [0.15, 0.2) is 5.78 Å². The zero-order valence-electron chi connectivity index (χ0n) is 17.9. The lowest BCUT2D eigenvalue weighted by Crippen LogP contribution is -2.40. The van der Waals surface area contributed by atoms with Crippen molar-refractivity contribution in [2.24, 2.45) is 0 Å². The van der Waals surface area contributed by atoms with Crippen molar-refractivity contribution >= 4 is 29.1 Å². The molecule has 7 heteroatoms. The summed E-state index contributed by atoms with van der Waals surface area (Å²) in [5.41, 5.74) is 2.97. The van der Waals surface area contributed by atoms with E-state index in [0.717, 1.165) is 11.3 Å². The lowest BCUT2D eigenvalue weighted by atomic mass is 10.0. The van der Waals surface area contributed by atoms with Crippen LogP contribution in [0, 0.1) is 0 Å². The molecule has 1 aliphatic heterocycles. The first-order valence-electron chi connectivity index (χ1n) is 10.2. The van der Waals surface area contributed by atoms with Crippen molar-refractivity contribution < 1.29 is 19.1 Å². The molecule has 3 aromatic carbocycles. The number of rotatable bonds is 4. The summed E-state index contributed by atoms with van der Waals surface area (Å²) < 4.78 is 5.35. The maximum Gasteiger partial charge on any atom is 0.322 e. The van der Waals surface area contributed by atoms with Crippen LogP contribution in [0.3, 0.4) is 0 Å². The minimum atomic E-state index is -0.424. The fourth-order valence-corrected chi connectivity index (χ4v) is 3.69. The van der Waals surface area contributed by atoms with Crippen LogP contribution in [-0.4, -0.2) is 43.3 Å². The number of hydrogen-bond acceptors (Lipinski definition) is 4. The molecule has 1 heterocycles. The highest BCUT2D eigenvalue weighted by atomic mass is 16.5. The van der Waals surface area contributed by atoms with E-state index >= 15 is 0 Å². The highest BCUT2D eigenvalue weighted by Crippen LogP contribution is 2.27. The molecule has 3 aromatic rings. The van der Waals surface area contributed by atoms with Crippen molar-refractivity contribution in [3.8, 4) is 5.75 Å². The molecule has 32 heavy (non-hydrogen) atoms. The van der Waals surface area contributed by atoms with Crippen LogP contribution in [0.15, 0.2) is 72.8 Å². The molecular weight excluding hydrogens is 406 g/mol. The number of carbonyl (C=O) groups excluding carboxylic acids is 3. The number of nitrogens with one attached hydrogen (secondary N) is 1. The van der Waals surface area contributed by atoms with E-state index < -0.39 is 6.03 Å². The predicted molar refractivity (Wildman–Crippen MR) is 122 cm³/mol. The molecule has 0 spiro atoms. The third-order valence-corrected chi connectivity index (χ3v) is 5.43. The van der Waals surface area contributed by atoms with Crippen LogP contribution < -0.4 is 15.0 Å². The van der Waals surface area contributed by atoms with Gasteiger partial charge >= 0.3 is 6.03 Å². The molecule has 0 unspecified atom stereocenters. The van der Waals surface area contributed by atoms with Gasteiger partial charge in [-0.05, 0) is 29.8 Å². The van der Waals surface area contributed by atoms with Crippen molar-refractivity contribution in [1.82, 2.24) is 4.90 Å². The van der Waals surface area contributed by atoms with Crippen LogP contribution in [0.25, 0.3) is 0 Å². The SMILES string of the molecule is COc1ccc(NC(=O)N2CC(=O)N(C)c3ccccc3C2)cc1C(=O)c1ccccc1. The van der Waals surface area contributed by atoms with E-state index in [9.17, 15) is 14.4 Å². The van der Waals surface area contributed by atoms with Gasteiger partial charge in [-0.25, -0.2) is 4.79 Å². The Morgan fingerprint density at radius 3 is 2.41 bits per heavy atom. The van der Waals surface area contributed by atoms with Gasteiger partial charge in [0.1, 0.15) is 12.3 Å². The molecule has 7 nitrogen and oxygen atoms in total. The van der Waals surface area contributed by atoms with Crippen molar-refractivity contribution in [2.75, 3.05) is 30.9 Å². The van der Waals surface area contributed by atoms with Gasteiger partial charge in [-0.1, -0.05) is 48.5 Å². The standard InChI is InChI=1S/C25H23N3O4/c1-27-21-11-7-6-10-18(21)15-28(16-23(27)29)25(31)26-19-12-13-22(32-2)20(14-19)24(30)17-8-4-3-5-9-17/h3-14H,15-16H2,1-2H3,(H,26,31). The maximum atomic E-state index is 13.0. The Morgan fingerprint density at radius 1 is 0.938 bits per heavy atom. The number of methoxy groups -OCH3 is 1. The average Bonchev–Trinajstić information content (AvgIpc) is 2.95. The number of para-hydroxylation sites is 1. The zero-order valence-corrected chi connectivity index (χ0v) is 17.9. The number of likely N-dealkylation sites (N-methyl/N-ethyl adjacent to an activating group) is 1. The van der Waals surface area contributed by atoms with Crippen molar-refractivity contribution in [1.29, 1.82) is 0 Å². The van der Waals surface area contributed by atoms with Crippen LogP contribution in [0.4, 0.5) is 16.2 Å². The van der Waals surface area contributed by atoms with Crippen molar-refractivity contribution in [2.45, 2.75) is 6.54 Å². The highest BCUT2D eigenvalue weighted by Gasteiger charge is 2.27. The van der Waals surface area contributed by atoms with E-state index in [-0.39, 0.29) is 18.2 Å². The molecule has 1 N–H and O–H groups in total. The Hall–Kier alpha value is -4.13. The monoisotopic (exact) mass is 429 g/mol. The second-order valence-corrected chi connectivity index (χ2v) is 7.48. The van der Waals surface area contributed by atoms with Crippen molar-refractivity contribution in [3.63, 3.8) is 0 Å². The summed E-state index contributed by atoms with van der Waals surface area (Å²) in [6.07, 6.45) is 0. The van der Waals surface area contributed by atoms with Crippen LogP contribution in [0.5, 0.6) is 5.75 Å². The Morgan fingerprint density at radius 2 is 1.66 bits per heavy atom. The largest absolute Gasteiger partial charge is 0.496 e. The van der Waals surface area contributed by atoms with Gasteiger partial charge in [-0.15, -0.1) is 0 Å². The first-order valence-corrected chi connectivity index (χ1v) is 10.2. The van der Waals surface area contributed by atoms with Gasteiger partial charge in [0.2, 0.25) is 5.91 Å². The van der Waals surface area contributed by atoms with E-state index in [1.165, 1.54) is 12.0 Å². The van der Waals surface area contributed by atoms with Crippen LogP contribution in [0.1, 0.15) is 21.5 Å². The van der Waals surface area contributed by atoms with Crippen molar-refractivity contribution in [3.05, 3.63) is 89.5 Å². The zero-order chi connectivity index (χ0) is 22.7. The molecule has 4 rings (SSSR count). The smallest absolute Gasteiger partial charge is 0.322 e. The van der Waals surface area contributed by atoms with E-state index in [2.05, 4.69) is 5.32 Å². The summed E-state index contributed by atoms with van der Waals surface area (Å²) in [6, 6.07) is 20.8. The molecule has 0 saturated carbocycles. The molecule has 0 radical (unpaired) electrons. The molecule has 0 bridgehead atoms. The number of fused-ring (bicyclic) bond motifs is 1. The second kappa shape index (κ2) is 8.93. The Balaban J connectivity index is 1.58. The number of carbonyl (C=O) groups is 3. The molecular formula is C25H23N3O4. The fourth-order valence-electron chi connectivity index (χ4n) is 3.69. The molecule has 0 aromatic heterocycles. The normalized spacial score (nSPS) is 13.2. The first-order chi connectivity index (χ1) is 15.5. The van der Waals surface area contributed by atoms with Gasteiger partial charge in [-0.2, -0.15) is 0 Å². The number of amides is 3. The predicted octanol–water partition coefficient (Wildman–Crippen LogP) is 3.94. The van der Waals surface area contributed by atoms with E-state index in [1.807, 2.05) is 30.3 Å². The summed E-state index contributed by atoms with van der Waals surface area (Å²) >= 11 is 0. The third-order valence-electron chi connectivity index (χ3n) is 5.43. The number of ketones is 1. The van der Waals surface area contributed by atoms with Gasteiger partial charge in [0.25, 0.3) is 0 Å². The first kappa shape index (κ1) is 21.1. The molecule has 162 valence electrons. The van der Waals surface area contributed by atoms with Crippen LogP contribution in [-0.2, 0) is 11.3 Å². The van der Waals surface area contributed by atoms with Crippen LogP contribution >= 0.6 is 0 Å². The van der Waals surface area contributed by atoms with Gasteiger partial charge in [0, 0.05) is 24.0 Å². The number of hydrogen-bond donors (Lipinski definition) is 1. The van der Waals surface area contributed by atoms with Crippen LogP contribution in [0.2, 0.25) is 0 Å². The summed E-state index contributed by atoms with van der Waals surface area (Å²) in [4.78, 5) is 41.6. The minimum absolute atomic E-state index is 0.0526. The molecule has 3 amide bonds. The topological polar surface area (TPSA) is 79.0 Å². The van der Waals surface area contributed by atoms with E-state index in [1.54, 1.807) is 54.4 Å². The van der Waals surface area contributed by atoms with E-state index in [0.29, 0.717) is 29.1 Å². The minimum Gasteiger partial charge on any atom is -0.496 e. The average molecular weight is 429 g/mol. The highest BCUT2D eigenvalue weighted by molar-refractivity contribution is 6.11. The lowest BCUT2D eigenvalue weighted by molar-refractivity contribution is -0.118. The number of nitrogens with zero attached hydrogens (tertiary/aromatic N) is 2. The molecule has 0 aliphatic carbocycles. The summed E-state index contributed by atoms with van der Waals surface area (Å²) in [5.74, 6) is 0.0242. The Kier molecular flexibility index (Phi) is 5.89. The summed E-state index contributed by atoms with van der Waals surface area (Å²) in [5, 5.41) is 2.81. The van der Waals surface area contributed by atoms with Gasteiger partial charge < -0.3 is 19.9 Å². The second-order valence-electron chi connectivity index (χ2n) is 7.48. The number of benzene rings is 3. The third kappa shape index (κ3) is 4.18. The van der Waals surface area contributed by atoms with E-state index in [4.69, 9.17) is 4.74 Å². The number of ether oxygens (including phenoxy) is 1. The molecule has 0 saturated heterocycles. The molecule has 0 fully saturated rings. The lowest BCUT2D eigenvalue weighted by Gasteiger charge is -2.21. The quantitative estimate of drug-likeness (QED) is 0.638. The van der Waals surface area contributed by atoms with Gasteiger partial charge in [0.05, 0.1) is 19.2 Å². The maximum absolute atomic E-state index is 13.0.